The summed E-state index contributed by atoms with van der Waals surface area (Å²) in [6.07, 6.45) is 4.55. The fourth-order valence-electron chi connectivity index (χ4n) is 3.50. The minimum absolute atomic E-state index is 0.0660. The van der Waals surface area contributed by atoms with Gasteiger partial charge in [-0.2, -0.15) is 5.10 Å². The molecule has 9 nitrogen and oxygen atoms in total. The predicted molar refractivity (Wildman–Crippen MR) is 115 cm³/mol. The van der Waals surface area contributed by atoms with Crippen molar-refractivity contribution in [2.75, 3.05) is 12.4 Å². The van der Waals surface area contributed by atoms with E-state index < -0.39 is 17.6 Å². The Hall–Kier alpha value is -4.18. The Labute approximate surface area is 181 Å². The normalized spacial score (nSPS) is 11.0. The maximum Gasteiger partial charge on any atom is 0.268 e. The topological polar surface area (TPSA) is 121 Å². The van der Waals surface area contributed by atoms with Crippen molar-refractivity contribution in [3.05, 3.63) is 71.6 Å². The summed E-state index contributed by atoms with van der Waals surface area (Å²) in [5.74, 6) is -1.91. The quantitative estimate of drug-likeness (QED) is 0.382. The first-order valence-electron chi connectivity index (χ1n) is 9.62. The molecule has 0 unspecified atom stereocenters. The molecule has 0 spiro atoms. The van der Waals surface area contributed by atoms with Gasteiger partial charge in [0.1, 0.15) is 11.4 Å². The third-order valence-electron chi connectivity index (χ3n) is 5.04. The van der Waals surface area contributed by atoms with E-state index in [1.165, 1.54) is 58.9 Å². The molecular formula is C22H20FN5O4. The van der Waals surface area contributed by atoms with Crippen LogP contribution in [-0.2, 0) is 13.7 Å². The van der Waals surface area contributed by atoms with E-state index in [1.54, 1.807) is 13.2 Å². The van der Waals surface area contributed by atoms with Crippen molar-refractivity contribution < 1.29 is 24.2 Å². The number of halogens is 1. The lowest BCUT2D eigenvalue weighted by atomic mass is 10.0. The molecular weight excluding hydrogens is 417 g/mol. The molecule has 0 aliphatic rings. The van der Waals surface area contributed by atoms with Gasteiger partial charge in [0, 0.05) is 43.7 Å². The molecule has 0 aliphatic heterocycles. The number of benzene rings is 1. The van der Waals surface area contributed by atoms with Crippen LogP contribution in [0.2, 0.25) is 0 Å². The summed E-state index contributed by atoms with van der Waals surface area (Å²) in [4.78, 5) is 25.3. The van der Waals surface area contributed by atoms with Crippen LogP contribution in [0.25, 0.3) is 16.6 Å². The third kappa shape index (κ3) is 3.67. The highest BCUT2D eigenvalue weighted by molar-refractivity contribution is 6.11. The Morgan fingerprint density at radius 2 is 1.97 bits per heavy atom. The van der Waals surface area contributed by atoms with Gasteiger partial charge < -0.3 is 25.2 Å². The Balaban J connectivity index is 1.79. The van der Waals surface area contributed by atoms with Gasteiger partial charge in [-0.05, 0) is 29.8 Å². The van der Waals surface area contributed by atoms with E-state index >= 15 is 4.39 Å². The number of pyridine rings is 1. The molecule has 0 aliphatic carbocycles. The number of rotatable bonds is 5. The van der Waals surface area contributed by atoms with Gasteiger partial charge in [-0.1, -0.05) is 0 Å². The standard InChI is InChI=1S/C22H20FN5O4/c1-24-22(32)19-8-16(18-7-14(30)3-4-28(18)19)21(31)26-17-6-12(11-29)5-15(20(17)23)13-9-25-27(2)10-13/h3-10,29-30H,11H2,1-2H3,(H,24,32)(H,26,31). The molecule has 0 fully saturated rings. The lowest BCUT2D eigenvalue weighted by Crippen LogP contribution is -2.19. The van der Waals surface area contributed by atoms with Crippen molar-refractivity contribution >= 4 is 23.0 Å². The summed E-state index contributed by atoms with van der Waals surface area (Å²) in [6, 6.07) is 6.90. The van der Waals surface area contributed by atoms with E-state index in [0.29, 0.717) is 11.1 Å². The van der Waals surface area contributed by atoms with Gasteiger partial charge in [0.2, 0.25) is 0 Å². The minimum Gasteiger partial charge on any atom is -0.508 e. The smallest absolute Gasteiger partial charge is 0.268 e. The highest BCUT2D eigenvalue weighted by atomic mass is 19.1. The average Bonchev–Trinajstić information content (AvgIpc) is 3.38. The zero-order chi connectivity index (χ0) is 23.0. The third-order valence-corrected chi connectivity index (χ3v) is 5.04. The molecule has 4 aromatic rings. The van der Waals surface area contributed by atoms with Crippen molar-refractivity contribution in [3.63, 3.8) is 0 Å². The van der Waals surface area contributed by atoms with E-state index in [2.05, 4.69) is 15.7 Å². The summed E-state index contributed by atoms with van der Waals surface area (Å²) in [6.45, 7) is -0.361. The van der Waals surface area contributed by atoms with Crippen LogP contribution in [0.1, 0.15) is 26.4 Å². The van der Waals surface area contributed by atoms with Crippen LogP contribution in [-0.4, -0.2) is 43.3 Å². The number of amides is 2. The van der Waals surface area contributed by atoms with Crippen LogP contribution >= 0.6 is 0 Å². The number of hydrogen-bond acceptors (Lipinski definition) is 5. The fraction of sp³-hybridized carbons (Fsp3) is 0.136. The number of aliphatic hydroxyl groups is 1. The van der Waals surface area contributed by atoms with Gasteiger partial charge in [0.05, 0.1) is 29.6 Å². The number of aromatic nitrogens is 3. The zero-order valence-corrected chi connectivity index (χ0v) is 17.3. The van der Waals surface area contributed by atoms with E-state index in [1.807, 2.05) is 0 Å². The average molecular weight is 437 g/mol. The molecule has 4 rings (SSSR count). The van der Waals surface area contributed by atoms with Gasteiger partial charge in [0.15, 0.2) is 5.82 Å². The number of anilines is 1. The maximum absolute atomic E-state index is 15.3. The maximum atomic E-state index is 15.3. The van der Waals surface area contributed by atoms with Gasteiger partial charge in [0.25, 0.3) is 11.8 Å². The SMILES string of the molecule is CNC(=O)c1cc(C(=O)Nc2cc(CO)cc(-c3cnn(C)c3)c2F)c2cc(O)ccn12. The van der Waals surface area contributed by atoms with Gasteiger partial charge in [-0.3, -0.25) is 14.3 Å². The first-order chi connectivity index (χ1) is 15.3. The molecule has 1 aromatic carbocycles. The highest BCUT2D eigenvalue weighted by Gasteiger charge is 2.22. The van der Waals surface area contributed by atoms with Crippen LogP contribution in [0.4, 0.5) is 10.1 Å². The second-order valence-electron chi connectivity index (χ2n) is 7.18. The van der Waals surface area contributed by atoms with Crippen LogP contribution in [0.5, 0.6) is 5.75 Å². The Morgan fingerprint density at radius 1 is 1.19 bits per heavy atom. The summed E-state index contributed by atoms with van der Waals surface area (Å²) in [5, 5.41) is 28.5. The molecule has 0 atom stereocenters. The largest absolute Gasteiger partial charge is 0.508 e. The van der Waals surface area contributed by atoms with E-state index in [4.69, 9.17) is 0 Å². The monoisotopic (exact) mass is 437 g/mol. The van der Waals surface area contributed by atoms with Gasteiger partial charge in [-0.15, -0.1) is 0 Å². The Bertz CT molecular complexity index is 1360. The lowest BCUT2D eigenvalue weighted by molar-refractivity contribution is 0.0957. The second kappa shape index (κ2) is 8.16. The van der Waals surface area contributed by atoms with Gasteiger partial charge >= 0.3 is 0 Å². The second-order valence-corrected chi connectivity index (χ2v) is 7.18. The summed E-state index contributed by atoms with van der Waals surface area (Å²) in [7, 11) is 3.15. The molecule has 0 radical (unpaired) electrons. The molecule has 2 amide bonds. The van der Waals surface area contributed by atoms with Crippen LogP contribution < -0.4 is 10.6 Å². The van der Waals surface area contributed by atoms with Crippen molar-refractivity contribution in [2.45, 2.75) is 6.61 Å². The van der Waals surface area contributed by atoms with E-state index in [0.717, 1.165) is 0 Å². The number of aliphatic hydroxyl groups excluding tert-OH is 1. The van der Waals surface area contributed by atoms with Crippen molar-refractivity contribution in [2.24, 2.45) is 7.05 Å². The number of nitrogens with zero attached hydrogens (tertiary/aromatic N) is 3. The molecule has 164 valence electrons. The van der Waals surface area contributed by atoms with Crippen LogP contribution in [0.15, 0.2) is 48.9 Å². The predicted octanol–water partition coefficient (Wildman–Crippen LogP) is 2.29. The zero-order valence-electron chi connectivity index (χ0n) is 17.3. The number of carbonyl (C=O) groups is 2. The number of aromatic hydroxyl groups is 1. The Kier molecular flexibility index (Phi) is 5.37. The summed E-state index contributed by atoms with van der Waals surface area (Å²) < 4.78 is 18.2. The van der Waals surface area contributed by atoms with Crippen molar-refractivity contribution in [3.8, 4) is 16.9 Å². The molecule has 32 heavy (non-hydrogen) atoms. The van der Waals surface area contributed by atoms with E-state index in [9.17, 15) is 19.8 Å². The van der Waals surface area contributed by atoms with Crippen LogP contribution in [0, 0.1) is 5.82 Å². The molecule has 10 heteroatoms. The molecule has 3 heterocycles. The van der Waals surface area contributed by atoms with Crippen molar-refractivity contribution in [1.82, 2.24) is 19.5 Å². The van der Waals surface area contributed by atoms with Crippen molar-refractivity contribution in [1.29, 1.82) is 0 Å². The lowest BCUT2D eigenvalue weighted by Gasteiger charge is -2.11. The number of fused-ring (bicyclic) bond motifs is 1. The molecule has 4 N–H and O–H groups in total. The summed E-state index contributed by atoms with van der Waals surface area (Å²) >= 11 is 0. The minimum atomic E-state index is -0.693. The van der Waals surface area contributed by atoms with Gasteiger partial charge in [-0.25, -0.2) is 4.39 Å². The first kappa shape index (κ1) is 21.1. The number of carbonyl (C=O) groups excluding carboxylic acids is 2. The number of hydrogen-bond donors (Lipinski definition) is 4. The fourth-order valence-corrected chi connectivity index (χ4v) is 3.50. The van der Waals surface area contributed by atoms with E-state index in [-0.39, 0.29) is 40.4 Å². The highest BCUT2D eigenvalue weighted by Crippen LogP contribution is 2.30. The number of nitrogens with one attached hydrogen (secondary N) is 2. The Morgan fingerprint density at radius 3 is 2.62 bits per heavy atom. The molecule has 0 bridgehead atoms. The number of aryl methyl sites for hydroxylation is 1. The van der Waals surface area contributed by atoms with Crippen LogP contribution in [0.3, 0.4) is 0 Å². The molecule has 0 saturated heterocycles. The first-order valence-corrected chi connectivity index (χ1v) is 9.62. The molecule has 3 aromatic heterocycles. The molecule has 0 saturated carbocycles. The summed E-state index contributed by atoms with van der Waals surface area (Å²) in [5.41, 5.74) is 1.42.